The smallest absolute Gasteiger partial charge is 0.242 e. The molecule has 6 heteroatoms. The Morgan fingerprint density at radius 2 is 1.85 bits per heavy atom. The summed E-state index contributed by atoms with van der Waals surface area (Å²) in [4.78, 5) is 28.5. The molecule has 1 saturated carbocycles. The highest BCUT2D eigenvalue weighted by atomic mass is 16.2. The van der Waals surface area contributed by atoms with Crippen molar-refractivity contribution < 1.29 is 9.59 Å². The van der Waals surface area contributed by atoms with E-state index < -0.39 is 5.54 Å². The van der Waals surface area contributed by atoms with Crippen molar-refractivity contribution in [1.29, 1.82) is 0 Å². The number of amides is 2. The summed E-state index contributed by atoms with van der Waals surface area (Å²) in [6, 6.07) is 0. The Labute approximate surface area is 120 Å². The first-order valence-corrected chi connectivity index (χ1v) is 7.44. The van der Waals surface area contributed by atoms with Crippen molar-refractivity contribution in [3.05, 3.63) is 0 Å². The molecule has 1 atom stereocenters. The van der Waals surface area contributed by atoms with Crippen LogP contribution < -0.4 is 11.1 Å². The average Bonchev–Trinajstić information content (AvgIpc) is 2.78. The lowest BCUT2D eigenvalue weighted by atomic mass is 9.96. The van der Waals surface area contributed by atoms with Crippen molar-refractivity contribution in [2.24, 2.45) is 11.7 Å². The summed E-state index contributed by atoms with van der Waals surface area (Å²) in [6.45, 7) is 2.60. The molecule has 1 saturated heterocycles. The average molecular weight is 282 g/mol. The van der Waals surface area contributed by atoms with Gasteiger partial charge in [-0.1, -0.05) is 12.8 Å². The van der Waals surface area contributed by atoms with E-state index >= 15 is 0 Å². The zero-order chi connectivity index (χ0) is 14.8. The Morgan fingerprint density at radius 3 is 2.45 bits per heavy atom. The third-order valence-electron chi connectivity index (χ3n) is 4.55. The highest BCUT2D eigenvalue weighted by Crippen LogP contribution is 2.29. The standard InChI is InChI=1S/C14H26N4O2/c1-16-12(19)11-9-17(2)7-8-18(10-11)13(20)14(15)5-3-4-6-14/h11H,3-10,15H2,1-2H3,(H,16,19)/t11-/m1/s1. The zero-order valence-electron chi connectivity index (χ0n) is 12.5. The van der Waals surface area contributed by atoms with Crippen LogP contribution in [0.1, 0.15) is 25.7 Å². The van der Waals surface area contributed by atoms with Crippen molar-refractivity contribution >= 4 is 11.8 Å². The van der Waals surface area contributed by atoms with E-state index in [1.54, 1.807) is 11.9 Å². The SMILES string of the molecule is CNC(=O)[C@@H]1CN(C)CCN(C(=O)C2(N)CCCC2)C1. The van der Waals surface area contributed by atoms with Crippen LogP contribution in [-0.2, 0) is 9.59 Å². The summed E-state index contributed by atoms with van der Waals surface area (Å²) in [7, 11) is 3.62. The third-order valence-corrected chi connectivity index (χ3v) is 4.55. The fourth-order valence-corrected chi connectivity index (χ4v) is 3.26. The van der Waals surface area contributed by atoms with Crippen LogP contribution in [0.3, 0.4) is 0 Å². The topological polar surface area (TPSA) is 78.7 Å². The molecule has 0 radical (unpaired) electrons. The number of carbonyl (C=O) groups excluding carboxylic acids is 2. The largest absolute Gasteiger partial charge is 0.359 e. The number of hydrogen-bond acceptors (Lipinski definition) is 4. The van der Waals surface area contributed by atoms with Gasteiger partial charge in [0, 0.05) is 33.2 Å². The van der Waals surface area contributed by atoms with E-state index in [-0.39, 0.29) is 17.7 Å². The molecule has 1 heterocycles. The molecular formula is C14H26N4O2. The van der Waals surface area contributed by atoms with Gasteiger partial charge in [-0.2, -0.15) is 0 Å². The minimum atomic E-state index is -0.698. The summed E-state index contributed by atoms with van der Waals surface area (Å²) < 4.78 is 0. The molecule has 6 nitrogen and oxygen atoms in total. The van der Waals surface area contributed by atoms with E-state index in [1.165, 1.54) is 0 Å². The fraction of sp³-hybridized carbons (Fsp3) is 0.857. The van der Waals surface area contributed by atoms with Crippen LogP contribution >= 0.6 is 0 Å². The molecule has 2 rings (SSSR count). The van der Waals surface area contributed by atoms with E-state index in [1.807, 2.05) is 7.05 Å². The molecular weight excluding hydrogens is 256 g/mol. The molecule has 0 aromatic rings. The number of hydrogen-bond donors (Lipinski definition) is 2. The molecule has 0 spiro atoms. The Hall–Kier alpha value is -1.14. The van der Waals surface area contributed by atoms with Crippen LogP contribution in [-0.4, -0.2) is 67.4 Å². The van der Waals surface area contributed by atoms with Gasteiger partial charge in [0.1, 0.15) is 0 Å². The molecule has 3 N–H and O–H groups in total. The minimum Gasteiger partial charge on any atom is -0.359 e. The van der Waals surface area contributed by atoms with Gasteiger partial charge in [0.25, 0.3) is 0 Å². The number of nitrogens with zero attached hydrogens (tertiary/aromatic N) is 2. The van der Waals surface area contributed by atoms with Gasteiger partial charge in [-0.05, 0) is 19.9 Å². The summed E-state index contributed by atoms with van der Waals surface area (Å²) in [5.41, 5.74) is 5.57. The molecule has 2 amide bonds. The van der Waals surface area contributed by atoms with E-state index in [9.17, 15) is 9.59 Å². The summed E-state index contributed by atoms with van der Waals surface area (Å²) in [5, 5.41) is 2.69. The Bertz CT molecular complexity index is 379. The van der Waals surface area contributed by atoms with Gasteiger partial charge in [0.15, 0.2) is 0 Å². The molecule has 1 aliphatic carbocycles. The van der Waals surface area contributed by atoms with Gasteiger partial charge in [0.05, 0.1) is 11.5 Å². The maximum Gasteiger partial charge on any atom is 0.242 e. The number of likely N-dealkylation sites (N-methyl/N-ethyl adjacent to an activating group) is 1. The number of carbonyl (C=O) groups is 2. The van der Waals surface area contributed by atoms with Gasteiger partial charge in [0.2, 0.25) is 11.8 Å². The van der Waals surface area contributed by atoms with Crippen LogP contribution in [0.4, 0.5) is 0 Å². The van der Waals surface area contributed by atoms with Crippen LogP contribution in [0.5, 0.6) is 0 Å². The second-order valence-electron chi connectivity index (χ2n) is 6.19. The molecule has 0 aromatic carbocycles. The van der Waals surface area contributed by atoms with Crippen molar-refractivity contribution in [2.45, 2.75) is 31.2 Å². The van der Waals surface area contributed by atoms with Gasteiger partial charge >= 0.3 is 0 Å². The molecule has 2 aliphatic rings. The Morgan fingerprint density at radius 1 is 1.20 bits per heavy atom. The predicted molar refractivity (Wildman–Crippen MR) is 77.0 cm³/mol. The lowest BCUT2D eigenvalue weighted by molar-refractivity contribution is -0.138. The summed E-state index contributed by atoms with van der Waals surface area (Å²) in [5.74, 6) is -0.158. The predicted octanol–water partition coefficient (Wildman–Crippen LogP) is -0.606. The van der Waals surface area contributed by atoms with Crippen molar-refractivity contribution in [3.63, 3.8) is 0 Å². The maximum atomic E-state index is 12.7. The molecule has 20 heavy (non-hydrogen) atoms. The molecule has 0 bridgehead atoms. The van der Waals surface area contributed by atoms with Crippen molar-refractivity contribution in [2.75, 3.05) is 40.3 Å². The lowest BCUT2D eigenvalue weighted by Crippen LogP contribution is -2.55. The van der Waals surface area contributed by atoms with Crippen LogP contribution in [0.2, 0.25) is 0 Å². The van der Waals surface area contributed by atoms with E-state index in [0.29, 0.717) is 19.6 Å². The number of nitrogens with two attached hydrogens (primary N) is 1. The molecule has 2 fully saturated rings. The summed E-state index contributed by atoms with van der Waals surface area (Å²) >= 11 is 0. The second kappa shape index (κ2) is 6.10. The third kappa shape index (κ3) is 3.12. The molecule has 114 valence electrons. The summed E-state index contributed by atoms with van der Waals surface area (Å²) in [6.07, 6.45) is 3.58. The van der Waals surface area contributed by atoms with Gasteiger partial charge < -0.3 is 20.9 Å². The molecule has 1 aliphatic heterocycles. The Kier molecular flexibility index (Phi) is 4.65. The Balaban J connectivity index is 2.10. The van der Waals surface area contributed by atoms with E-state index in [0.717, 1.165) is 32.2 Å². The monoisotopic (exact) mass is 282 g/mol. The van der Waals surface area contributed by atoms with Gasteiger partial charge in [-0.25, -0.2) is 0 Å². The zero-order valence-corrected chi connectivity index (χ0v) is 12.5. The highest BCUT2D eigenvalue weighted by molar-refractivity contribution is 5.87. The number of rotatable bonds is 2. The minimum absolute atomic E-state index is 0.00552. The first kappa shape index (κ1) is 15.3. The second-order valence-corrected chi connectivity index (χ2v) is 6.19. The van der Waals surface area contributed by atoms with Gasteiger partial charge in [-0.15, -0.1) is 0 Å². The number of nitrogens with one attached hydrogen (secondary N) is 1. The molecule has 0 aromatic heterocycles. The van der Waals surface area contributed by atoms with Crippen LogP contribution in [0, 0.1) is 5.92 Å². The maximum absolute atomic E-state index is 12.7. The van der Waals surface area contributed by atoms with Gasteiger partial charge in [-0.3, -0.25) is 9.59 Å². The van der Waals surface area contributed by atoms with Crippen molar-refractivity contribution in [1.82, 2.24) is 15.1 Å². The first-order valence-electron chi connectivity index (χ1n) is 7.44. The lowest BCUT2D eigenvalue weighted by Gasteiger charge is -2.31. The van der Waals surface area contributed by atoms with Crippen molar-refractivity contribution in [3.8, 4) is 0 Å². The molecule has 0 unspecified atom stereocenters. The quantitative estimate of drug-likeness (QED) is 0.708. The van der Waals surface area contributed by atoms with E-state index in [2.05, 4.69) is 10.2 Å². The normalized spacial score (nSPS) is 27.1. The van der Waals surface area contributed by atoms with Crippen LogP contribution in [0.25, 0.3) is 0 Å². The van der Waals surface area contributed by atoms with Crippen LogP contribution in [0.15, 0.2) is 0 Å². The fourth-order valence-electron chi connectivity index (χ4n) is 3.26. The van der Waals surface area contributed by atoms with E-state index in [4.69, 9.17) is 5.73 Å². The highest BCUT2D eigenvalue weighted by Gasteiger charge is 2.41. The first-order chi connectivity index (χ1) is 9.46.